The van der Waals surface area contributed by atoms with Gasteiger partial charge in [-0.3, -0.25) is 0 Å². The maximum atomic E-state index is 2.99. The molecule has 3 unspecified atom stereocenters. The lowest BCUT2D eigenvalue weighted by Gasteiger charge is -2.48. The van der Waals surface area contributed by atoms with Crippen LogP contribution in [0.2, 0.25) is 0 Å². The normalized spacial score (nSPS) is 15.4. The second-order valence-electron chi connectivity index (χ2n) is 8.89. The Kier molecular flexibility index (Phi) is 17.4. The van der Waals surface area contributed by atoms with E-state index < -0.39 is 14.8 Å². The zero-order chi connectivity index (χ0) is 21.5. The van der Waals surface area contributed by atoms with Crippen LogP contribution in [0, 0.1) is 0 Å². The molecule has 3 nitrogen and oxygen atoms in total. The maximum Gasteiger partial charge on any atom is 0.609 e. The first-order valence-corrected chi connectivity index (χ1v) is 14.2. The van der Waals surface area contributed by atoms with Crippen LogP contribution in [0.1, 0.15) is 120 Å². The third-order valence-electron chi connectivity index (χ3n) is 6.67. The minimum absolute atomic E-state index is 0.685. The summed E-state index contributed by atoms with van der Waals surface area (Å²) in [6.07, 6.45) is 11.7. The van der Waals surface area contributed by atoms with E-state index in [0.29, 0.717) is 18.1 Å². The smallest absolute Gasteiger partial charge is 0.354 e. The highest BCUT2D eigenvalue weighted by Gasteiger charge is 2.45. The molecule has 0 aromatic rings. The van der Waals surface area contributed by atoms with Crippen LogP contribution in [0.5, 0.6) is 0 Å². The first-order chi connectivity index (χ1) is 13.4. The van der Waals surface area contributed by atoms with Crippen LogP contribution in [0.25, 0.3) is 0 Å². The first kappa shape index (κ1) is 28.4. The van der Waals surface area contributed by atoms with Crippen molar-refractivity contribution in [2.45, 2.75) is 138 Å². The van der Waals surface area contributed by atoms with Crippen LogP contribution in [0.3, 0.4) is 0 Å². The molecule has 0 radical (unpaired) electrons. The third-order valence-corrected chi connectivity index (χ3v) is 10.8. The second-order valence-corrected chi connectivity index (χ2v) is 11.6. The van der Waals surface area contributed by atoms with Gasteiger partial charge in [-0.25, -0.2) is 0 Å². The number of hydrogen-bond acceptors (Lipinski definition) is 3. The minimum atomic E-state index is -1.40. The summed E-state index contributed by atoms with van der Waals surface area (Å²) < 4.78 is 8.98. The van der Waals surface area contributed by atoms with Gasteiger partial charge in [-0.15, -0.1) is 0 Å². The largest absolute Gasteiger partial charge is 0.609 e. The summed E-state index contributed by atoms with van der Waals surface area (Å²) in [4.78, 5) is 0. The molecule has 0 fully saturated rings. The Hall–Kier alpha value is 0.412. The van der Waals surface area contributed by atoms with Gasteiger partial charge in [-0.05, 0) is 76.3 Å². The second kappa shape index (κ2) is 17.1. The molecular formula is C24H54AlN3. The number of unbranched alkanes of at least 4 members (excludes halogenated alkanes) is 3. The molecule has 0 saturated heterocycles. The van der Waals surface area contributed by atoms with Crippen molar-refractivity contribution in [3.63, 3.8) is 0 Å². The molecule has 0 N–H and O–H groups in total. The molecule has 0 heterocycles. The summed E-state index contributed by atoms with van der Waals surface area (Å²) in [6.45, 7) is 25.5. The number of hydrogen-bond donors (Lipinski definition) is 0. The molecule has 0 aliphatic heterocycles. The fourth-order valence-corrected chi connectivity index (χ4v) is 8.37. The molecule has 0 aromatic carbocycles. The summed E-state index contributed by atoms with van der Waals surface area (Å²) in [7, 11) is 0. The Balaban J connectivity index is 6.13. The molecule has 28 heavy (non-hydrogen) atoms. The average molecular weight is 412 g/mol. The van der Waals surface area contributed by atoms with Gasteiger partial charge in [-0.1, -0.05) is 81.6 Å². The van der Waals surface area contributed by atoms with Gasteiger partial charge in [0, 0.05) is 0 Å². The van der Waals surface area contributed by atoms with E-state index in [0.717, 1.165) is 0 Å². The van der Waals surface area contributed by atoms with Gasteiger partial charge in [0.2, 0.25) is 0 Å². The highest BCUT2D eigenvalue weighted by molar-refractivity contribution is 6.50. The Morgan fingerprint density at radius 3 is 0.929 bits per heavy atom. The van der Waals surface area contributed by atoms with Crippen molar-refractivity contribution < 1.29 is 0 Å². The Labute approximate surface area is 184 Å². The van der Waals surface area contributed by atoms with Crippen molar-refractivity contribution in [3.05, 3.63) is 0 Å². The molecule has 3 atom stereocenters. The average Bonchev–Trinajstić information content (AvgIpc) is 2.72. The first-order valence-electron chi connectivity index (χ1n) is 12.7. The van der Waals surface area contributed by atoms with Crippen LogP contribution < -0.4 is 0 Å². The van der Waals surface area contributed by atoms with Crippen molar-refractivity contribution in [3.8, 4) is 0 Å². The SMILES string of the molecule is CCCC[N](C(C)CC)[Al]([N](CCCC)C(C)CC)[N](CCCC)C(C)CC. The maximum absolute atomic E-state index is 2.99. The molecule has 0 aliphatic rings. The fraction of sp³-hybridized carbons (Fsp3) is 1.00. The van der Waals surface area contributed by atoms with Gasteiger partial charge in [0.15, 0.2) is 0 Å². The van der Waals surface area contributed by atoms with E-state index in [1.807, 2.05) is 0 Å². The highest BCUT2D eigenvalue weighted by atomic mass is 27.2. The molecule has 0 spiro atoms. The van der Waals surface area contributed by atoms with E-state index in [1.54, 1.807) is 0 Å². The van der Waals surface area contributed by atoms with Crippen LogP contribution in [0.15, 0.2) is 0 Å². The van der Waals surface area contributed by atoms with Gasteiger partial charge in [0.25, 0.3) is 0 Å². The van der Waals surface area contributed by atoms with Crippen molar-refractivity contribution >= 4 is 14.8 Å². The van der Waals surface area contributed by atoms with E-state index >= 15 is 0 Å². The summed E-state index contributed by atoms with van der Waals surface area (Å²) >= 11 is -1.40. The monoisotopic (exact) mass is 411 g/mol. The van der Waals surface area contributed by atoms with Crippen LogP contribution in [-0.4, -0.2) is 64.2 Å². The van der Waals surface area contributed by atoms with Gasteiger partial charge in [-0.2, -0.15) is 0 Å². The molecular weight excluding hydrogens is 357 g/mol. The van der Waals surface area contributed by atoms with Gasteiger partial charge >= 0.3 is 14.8 Å². The number of rotatable bonds is 18. The molecule has 168 valence electrons. The molecule has 0 aromatic heterocycles. The standard InChI is InChI=1S/3C8H18N.Al/c3*1-4-6-7-9-8(3)5-2;/h3*8H,4-7H2,1-3H3;/q3*-1;+3. The van der Waals surface area contributed by atoms with Gasteiger partial charge < -0.3 is 11.7 Å². The van der Waals surface area contributed by atoms with Crippen molar-refractivity contribution in [2.75, 3.05) is 19.6 Å². The van der Waals surface area contributed by atoms with E-state index in [4.69, 9.17) is 0 Å². The molecule has 0 bridgehead atoms. The highest BCUT2D eigenvalue weighted by Crippen LogP contribution is 2.22. The van der Waals surface area contributed by atoms with E-state index in [2.05, 4.69) is 74.0 Å². The molecule has 0 amide bonds. The van der Waals surface area contributed by atoms with E-state index in [1.165, 1.54) is 77.4 Å². The summed E-state index contributed by atoms with van der Waals surface area (Å²) in [6, 6.07) is 2.05. The van der Waals surface area contributed by atoms with Crippen LogP contribution in [0.4, 0.5) is 0 Å². The molecule has 4 heteroatoms. The molecule has 0 saturated carbocycles. The Morgan fingerprint density at radius 1 is 0.500 bits per heavy atom. The Bertz CT molecular complexity index is 300. The van der Waals surface area contributed by atoms with Crippen molar-refractivity contribution in [1.82, 2.24) is 11.7 Å². The summed E-state index contributed by atoms with van der Waals surface area (Å²) in [5.74, 6) is 0. The predicted molar refractivity (Wildman–Crippen MR) is 130 cm³/mol. The third kappa shape index (κ3) is 9.48. The summed E-state index contributed by atoms with van der Waals surface area (Å²) in [5.41, 5.74) is 0. The molecule has 0 rings (SSSR count). The fourth-order valence-electron chi connectivity index (χ4n) is 3.99. The van der Waals surface area contributed by atoms with Gasteiger partial charge in [0.1, 0.15) is 0 Å². The molecule has 0 aliphatic carbocycles. The number of nitrogens with zero attached hydrogens (tertiary/aromatic N) is 3. The Morgan fingerprint density at radius 2 is 0.750 bits per heavy atom. The van der Waals surface area contributed by atoms with Gasteiger partial charge in [0.05, 0.1) is 0 Å². The lowest BCUT2D eigenvalue weighted by Crippen LogP contribution is -2.68. The zero-order valence-corrected chi connectivity index (χ0v) is 22.3. The van der Waals surface area contributed by atoms with Crippen molar-refractivity contribution in [1.29, 1.82) is 0 Å². The van der Waals surface area contributed by atoms with E-state index in [9.17, 15) is 0 Å². The zero-order valence-electron chi connectivity index (χ0n) is 21.1. The van der Waals surface area contributed by atoms with E-state index in [-0.39, 0.29) is 0 Å². The van der Waals surface area contributed by atoms with Crippen LogP contribution in [-0.2, 0) is 0 Å². The summed E-state index contributed by atoms with van der Waals surface area (Å²) in [5, 5.41) is 0. The lowest BCUT2D eigenvalue weighted by molar-refractivity contribution is 0.180. The van der Waals surface area contributed by atoms with Crippen LogP contribution >= 0.6 is 0 Å². The lowest BCUT2D eigenvalue weighted by atomic mass is 10.2. The minimum Gasteiger partial charge on any atom is -0.354 e. The predicted octanol–water partition coefficient (Wildman–Crippen LogP) is 6.67. The van der Waals surface area contributed by atoms with Crippen molar-refractivity contribution in [2.24, 2.45) is 0 Å². The topological polar surface area (TPSA) is 9.72 Å². The quantitative estimate of drug-likeness (QED) is 0.233.